The van der Waals surface area contributed by atoms with E-state index in [0.717, 1.165) is 12.2 Å². The number of furan rings is 1. The zero-order chi connectivity index (χ0) is 7.82. The SMILES string of the molecule is CCC.CCc1ccco1. The van der Waals surface area contributed by atoms with Gasteiger partial charge < -0.3 is 4.42 Å². The second-order valence-corrected chi connectivity index (χ2v) is 2.14. The summed E-state index contributed by atoms with van der Waals surface area (Å²) < 4.78 is 4.98. The molecule has 0 aromatic carbocycles. The molecule has 1 rings (SSSR count). The molecule has 1 heterocycles. The van der Waals surface area contributed by atoms with E-state index in [2.05, 4.69) is 20.8 Å². The van der Waals surface area contributed by atoms with Crippen LogP contribution < -0.4 is 0 Å². The lowest BCUT2D eigenvalue weighted by molar-refractivity contribution is 0.516. The van der Waals surface area contributed by atoms with E-state index in [-0.39, 0.29) is 0 Å². The molecule has 0 radical (unpaired) electrons. The molecule has 1 aromatic heterocycles. The second kappa shape index (κ2) is 6.40. The van der Waals surface area contributed by atoms with Crippen molar-refractivity contribution in [3.63, 3.8) is 0 Å². The maximum Gasteiger partial charge on any atom is 0.103 e. The van der Waals surface area contributed by atoms with Gasteiger partial charge in [0, 0.05) is 6.42 Å². The third-order valence-corrected chi connectivity index (χ3v) is 0.929. The Morgan fingerprint density at radius 3 is 2.10 bits per heavy atom. The lowest BCUT2D eigenvalue weighted by atomic mass is 10.4. The topological polar surface area (TPSA) is 13.1 Å². The first-order valence-corrected chi connectivity index (χ1v) is 3.87. The van der Waals surface area contributed by atoms with Gasteiger partial charge in [0.15, 0.2) is 0 Å². The summed E-state index contributed by atoms with van der Waals surface area (Å²) in [5.74, 6) is 1.06. The third kappa shape index (κ3) is 4.19. The highest BCUT2D eigenvalue weighted by Crippen LogP contribution is 1.98. The molecule has 10 heavy (non-hydrogen) atoms. The first-order chi connectivity index (χ1) is 4.85. The minimum Gasteiger partial charge on any atom is -0.469 e. The fourth-order valence-electron chi connectivity index (χ4n) is 0.514. The lowest BCUT2D eigenvalue weighted by Gasteiger charge is -1.79. The molecule has 0 unspecified atom stereocenters. The molecule has 0 amide bonds. The van der Waals surface area contributed by atoms with Gasteiger partial charge in [-0.2, -0.15) is 0 Å². The van der Waals surface area contributed by atoms with Crippen LogP contribution in [-0.2, 0) is 6.42 Å². The Bertz CT molecular complexity index is 130. The molecule has 1 heteroatoms. The lowest BCUT2D eigenvalue weighted by Crippen LogP contribution is -1.66. The van der Waals surface area contributed by atoms with Crippen molar-refractivity contribution in [2.45, 2.75) is 33.6 Å². The molecule has 0 fully saturated rings. The molecular weight excluding hydrogens is 124 g/mol. The first kappa shape index (κ1) is 9.28. The van der Waals surface area contributed by atoms with E-state index in [1.165, 1.54) is 6.42 Å². The molecule has 0 bridgehead atoms. The fourth-order valence-corrected chi connectivity index (χ4v) is 0.514. The summed E-state index contributed by atoms with van der Waals surface area (Å²) in [6.45, 7) is 6.32. The maximum absolute atomic E-state index is 4.98. The van der Waals surface area contributed by atoms with Crippen molar-refractivity contribution in [3.8, 4) is 0 Å². The van der Waals surface area contributed by atoms with Crippen LogP contribution in [0.3, 0.4) is 0 Å². The van der Waals surface area contributed by atoms with Crippen LogP contribution in [0.15, 0.2) is 22.8 Å². The summed E-state index contributed by atoms with van der Waals surface area (Å²) in [6.07, 6.45) is 3.94. The van der Waals surface area contributed by atoms with E-state index >= 15 is 0 Å². The smallest absolute Gasteiger partial charge is 0.103 e. The van der Waals surface area contributed by atoms with Crippen LogP contribution in [-0.4, -0.2) is 0 Å². The highest BCUT2D eigenvalue weighted by atomic mass is 16.3. The molecule has 1 aromatic rings. The second-order valence-electron chi connectivity index (χ2n) is 2.14. The molecule has 58 valence electrons. The summed E-state index contributed by atoms with van der Waals surface area (Å²) in [5, 5.41) is 0. The van der Waals surface area contributed by atoms with Gasteiger partial charge in [0.25, 0.3) is 0 Å². The minimum absolute atomic E-state index is 0.993. The van der Waals surface area contributed by atoms with Crippen LogP contribution in [0.25, 0.3) is 0 Å². The molecule has 0 aliphatic heterocycles. The standard InChI is InChI=1S/C6H8O.C3H8/c1-2-6-4-3-5-7-6;1-3-2/h3-5H,2H2,1H3;3H2,1-2H3. The van der Waals surface area contributed by atoms with Crippen LogP contribution in [0.2, 0.25) is 0 Å². The molecule has 0 saturated heterocycles. The first-order valence-electron chi connectivity index (χ1n) is 3.87. The van der Waals surface area contributed by atoms with Gasteiger partial charge in [0.1, 0.15) is 5.76 Å². The van der Waals surface area contributed by atoms with Crippen LogP contribution in [0.1, 0.15) is 33.0 Å². The van der Waals surface area contributed by atoms with Gasteiger partial charge in [-0.15, -0.1) is 0 Å². The van der Waals surface area contributed by atoms with E-state index in [0.29, 0.717) is 0 Å². The highest BCUT2D eigenvalue weighted by Gasteiger charge is 1.84. The third-order valence-electron chi connectivity index (χ3n) is 0.929. The molecule has 0 spiro atoms. The van der Waals surface area contributed by atoms with Crippen molar-refractivity contribution in [1.29, 1.82) is 0 Å². The summed E-state index contributed by atoms with van der Waals surface area (Å²) >= 11 is 0. The Labute approximate surface area is 63.1 Å². The van der Waals surface area contributed by atoms with Crippen molar-refractivity contribution in [3.05, 3.63) is 24.2 Å². The molecule has 1 nitrogen and oxygen atoms in total. The van der Waals surface area contributed by atoms with E-state index in [1.54, 1.807) is 6.26 Å². The van der Waals surface area contributed by atoms with Gasteiger partial charge in [-0.25, -0.2) is 0 Å². The Balaban J connectivity index is 0.000000236. The summed E-state index contributed by atoms with van der Waals surface area (Å²) in [6, 6.07) is 3.87. The Hall–Kier alpha value is -0.720. The molecular formula is C9H16O. The summed E-state index contributed by atoms with van der Waals surface area (Å²) in [4.78, 5) is 0. The molecule has 0 saturated carbocycles. The zero-order valence-corrected chi connectivity index (χ0v) is 7.05. The number of aryl methyl sites for hydroxylation is 1. The predicted octanol–water partition coefficient (Wildman–Crippen LogP) is 3.26. The monoisotopic (exact) mass is 140 g/mol. The predicted molar refractivity (Wildman–Crippen MR) is 44.1 cm³/mol. The normalized spacial score (nSPS) is 8.30. The summed E-state index contributed by atoms with van der Waals surface area (Å²) in [5.41, 5.74) is 0. The van der Waals surface area contributed by atoms with Gasteiger partial charge in [-0.1, -0.05) is 27.2 Å². The maximum atomic E-state index is 4.98. The van der Waals surface area contributed by atoms with Crippen LogP contribution in [0.5, 0.6) is 0 Å². The van der Waals surface area contributed by atoms with Crippen LogP contribution in [0.4, 0.5) is 0 Å². The largest absolute Gasteiger partial charge is 0.469 e. The van der Waals surface area contributed by atoms with E-state index in [4.69, 9.17) is 4.42 Å². The van der Waals surface area contributed by atoms with Crippen molar-refractivity contribution in [1.82, 2.24) is 0 Å². The van der Waals surface area contributed by atoms with Crippen LogP contribution >= 0.6 is 0 Å². The molecule has 0 aliphatic rings. The zero-order valence-electron chi connectivity index (χ0n) is 7.05. The number of hydrogen-bond acceptors (Lipinski definition) is 1. The van der Waals surface area contributed by atoms with Gasteiger partial charge in [0.2, 0.25) is 0 Å². The van der Waals surface area contributed by atoms with E-state index in [1.807, 2.05) is 12.1 Å². The van der Waals surface area contributed by atoms with E-state index in [9.17, 15) is 0 Å². The quantitative estimate of drug-likeness (QED) is 0.583. The number of rotatable bonds is 1. The Kier molecular flexibility index (Phi) is 5.94. The van der Waals surface area contributed by atoms with Gasteiger partial charge in [-0.05, 0) is 12.1 Å². The van der Waals surface area contributed by atoms with Crippen molar-refractivity contribution >= 4 is 0 Å². The summed E-state index contributed by atoms with van der Waals surface area (Å²) in [7, 11) is 0. The van der Waals surface area contributed by atoms with Crippen molar-refractivity contribution in [2.24, 2.45) is 0 Å². The number of hydrogen-bond donors (Lipinski definition) is 0. The van der Waals surface area contributed by atoms with Crippen molar-refractivity contribution in [2.75, 3.05) is 0 Å². The molecule has 0 atom stereocenters. The van der Waals surface area contributed by atoms with Gasteiger partial charge in [0.05, 0.1) is 6.26 Å². The Morgan fingerprint density at radius 2 is 1.90 bits per heavy atom. The average molecular weight is 140 g/mol. The molecule has 0 aliphatic carbocycles. The van der Waals surface area contributed by atoms with Gasteiger partial charge in [-0.3, -0.25) is 0 Å². The Morgan fingerprint density at radius 1 is 1.30 bits per heavy atom. The highest BCUT2D eigenvalue weighted by molar-refractivity contribution is 4.96. The van der Waals surface area contributed by atoms with Gasteiger partial charge >= 0.3 is 0 Å². The van der Waals surface area contributed by atoms with Crippen LogP contribution in [0, 0.1) is 0 Å². The fraction of sp³-hybridized carbons (Fsp3) is 0.556. The average Bonchev–Trinajstić information content (AvgIpc) is 2.39. The minimum atomic E-state index is 0.993. The molecule has 0 N–H and O–H groups in total. The van der Waals surface area contributed by atoms with Crippen molar-refractivity contribution < 1.29 is 4.42 Å². The van der Waals surface area contributed by atoms with E-state index < -0.39 is 0 Å².